The summed E-state index contributed by atoms with van der Waals surface area (Å²) in [7, 11) is 0. The quantitative estimate of drug-likeness (QED) is 0.0610. The molecule has 3 rings (SSSR count). The second-order valence-electron chi connectivity index (χ2n) is 11.1. The molecule has 0 fully saturated rings. The summed E-state index contributed by atoms with van der Waals surface area (Å²) < 4.78 is 22.8. The molecule has 6 nitrogen and oxygen atoms in total. The van der Waals surface area contributed by atoms with Crippen molar-refractivity contribution in [2.75, 3.05) is 13.2 Å². The van der Waals surface area contributed by atoms with Gasteiger partial charge in [-0.3, -0.25) is 0 Å². The molecule has 0 aliphatic heterocycles. The highest BCUT2D eigenvalue weighted by atomic mass is 16.7. The van der Waals surface area contributed by atoms with Gasteiger partial charge < -0.3 is 18.9 Å². The zero-order valence-electron chi connectivity index (χ0n) is 26.0. The molecule has 0 aliphatic carbocycles. The number of benzene rings is 3. The van der Waals surface area contributed by atoms with Crippen LogP contribution in [0, 0.1) is 0 Å². The van der Waals surface area contributed by atoms with Gasteiger partial charge in [-0.2, -0.15) is 0 Å². The van der Waals surface area contributed by atoms with Crippen LogP contribution in [-0.4, -0.2) is 25.5 Å². The number of rotatable bonds is 19. The van der Waals surface area contributed by atoms with Crippen LogP contribution >= 0.6 is 0 Å². The fourth-order valence-electron chi connectivity index (χ4n) is 5.31. The van der Waals surface area contributed by atoms with Gasteiger partial charge in [-0.1, -0.05) is 134 Å². The van der Waals surface area contributed by atoms with Crippen LogP contribution in [0.2, 0.25) is 0 Å². The first kappa shape index (κ1) is 33.2. The molecule has 0 saturated carbocycles. The van der Waals surface area contributed by atoms with Crippen molar-refractivity contribution in [1.29, 1.82) is 0 Å². The highest BCUT2D eigenvalue weighted by Crippen LogP contribution is 2.44. The van der Waals surface area contributed by atoms with Crippen molar-refractivity contribution >= 4 is 33.9 Å². The average molecular weight is 579 g/mol. The van der Waals surface area contributed by atoms with Crippen molar-refractivity contribution < 1.29 is 28.5 Å². The van der Waals surface area contributed by atoms with Crippen LogP contribution in [0.1, 0.15) is 116 Å². The Labute approximate surface area is 252 Å². The van der Waals surface area contributed by atoms with E-state index in [1.807, 2.05) is 42.5 Å². The number of carbonyl (C=O) groups excluding carboxylic acids is 2. The number of aryl methyl sites for hydroxylation is 1. The van der Waals surface area contributed by atoms with Crippen LogP contribution in [-0.2, 0) is 15.9 Å². The molecule has 3 aromatic carbocycles. The van der Waals surface area contributed by atoms with E-state index in [1.165, 1.54) is 38.5 Å². The summed E-state index contributed by atoms with van der Waals surface area (Å²) in [5, 5.41) is 2.83. The summed E-state index contributed by atoms with van der Waals surface area (Å²) in [6.45, 7) is 7.19. The molecule has 0 heterocycles. The molecule has 0 atom stereocenters. The standard InChI is InChI=1S/C36H50O6/c1-4-7-10-12-14-18-26-39-35(37)41-33-29-23-16-17-24-30(29)34(32-28(21-9-6-3)22-20-25-31(32)33)42-36(38)40-27-19-15-13-11-8-5-2/h16-17,20,22-25H,4-15,18-19,21,26-27H2,1-3H3. The van der Waals surface area contributed by atoms with E-state index < -0.39 is 12.3 Å². The molecule has 0 bridgehead atoms. The number of fused-ring (bicyclic) bond motifs is 2. The van der Waals surface area contributed by atoms with E-state index in [9.17, 15) is 9.59 Å². The van der Waals surface area contributed by atoms with E-state index in [4.69, 9.17) is 18.9 Å². The van der Waals surface area contributed by atoms with Gasteiger partial charge in [0.25, 0.3) is 0 Å². The van der Waals surface area contributed by atoms with Gasteiger partial charge in [0, 0.05) is 21.5 Å². The summed E-state index contributed by atoms with van der Waals surface area (Å²) >= 11 is 0. The highest BCUT2D eigenvalue weighted by molar-refractivity contribution is 6.13. The Hall–Kier alpha value is -3.28. The molecule has 0 amide bonds. The van der Waals surface area contributed by atoms with Crippen LogP contribution in [0.25, 0.3) is 21.5 Å². The molecule has 0 spiro atoms. The molecule has 0 aliphatic rings. The van der Waals surface area contributed by atoms with Crippen LogP contribution in [0.15, 0.2) is 42.5 Å². The minimum absolute atomic E-state index is 0.328. The van der Waals surface area contributed by atoms with Gasteiger partial charge in [0.2, 0.25) is 0 Å². The maximum atomic E-state index is 12.9. The van der Waals surface area contributed by atoms with E-state index in [0.29, 0.717) is 40.9 Å². The molecule has 0 unspecified atom stereocenters. The Bertz CT molecular complexity index is 1250. The Balaban J connectivity index is 1.83. The normalized spacial score (nSPS) is 11.1. The van der Waals surface area contributed by atoms with Gasteiger partial charge in [0.15, 0.2) is 5.75 Å². The fourth-order valence-corrected chi connectivity index (χ4v) is 5.31. The van der Waals surface area contributed by atoms with Gasteiger partial charge >= 0.3 is 12.3 Å². The maximum Gasteiger partial charge on any atom is 0.513 e. The lowest BCUT2D eigenvalue weighted by molar-refractivity contribution is 0.0965. The van der Waals surface area contributed by atoms with Crippen LogP contribution in [0.4, 0.5) is 9.59 Å². The molecule has 0 radical (unpaired) electrons. The van der Waals surface area contributed by atoms with Crippen molar-refractivity contribution in [3.05, 3.63) is 48.0 Å². The summed E-state index contributed by atoms with van der Waals surface area (Å²) in [6.07, 6.45) is 14.6. The summed E-state index contributed by atoms with van der Waals surface area (Å²) in [6, 6.07) is 13.4. The maximum absolute atomic E-state index is 12.9. The first-order valence-corrected chi connectivity index (χ1v) is 16.3. The Morgan fingerprint density at radius 3 is 1.57 bits per heavy atom. The second-order valence-corrected chi connectivity index (χ2v) is 11.1. The number of hydrogen-bond acceptors (Lipinski definition) is 6. The molecule has 3 aromatic rings. The number of unbranched alkanes of at least 4 members (excludes halogenated alkanes) is 11. The van der Waals surface area contributed by atoms with E-state index in [1.54, 1.807) is 0 Å². The SMILES string of the molecule is CCCCCCCCOC(=O)Oc1c2ccccc2c(OC(=O)OCCCCCCCC)c2c(CCCC)cccc12. The minimum Gasteiger partial charge on any atom is -0.434 e. The third kappa shape index (κ3) is 10.2. The molecular weight excluding hydrogens is 528 g/mol. The van der Waals surface area contributed by atoms with Gasteiger partial charge in [0.05, 0.1) is 13.2 Å². The number of ether oxygens (including phenoxy) is 4. The zero-order valence-corrected chi connectivity index (χ0v) is 26.0. The highest BCUT2D eigenvalue weighted by Gasteiger charge is 2.23. The fraction of sp³-hybridized carbons (Fsp3) is 0.556. The Kier molecular flexibility index (Phi) is 15.0. The lowest BCUT2D eigenvalue weighted by Gasteiger charge is -2.18. The van der Waals surface area contributed by atoms with Crippen molar-refractivity contribution in [3.63, 3.8) is 0 Å². The molecular formula is C36H50O6. The average Bonchev–Trinajstić information content (AvgIpc) is 3.00. The number of carbonyl (C=O) groups is 2. The molecule has 42 heavy (non-hydrogen) atoms. The van der Waals surface area contributed by atoms with E-state index in [2.05, 4.69) is 20.8 Å². The van der Waals surface area contributed by atoms with Gasteiger partial charge in [-0.05, 0) is 31.2 Å². The van der Waals surface area contributed by atoms with Crippen molar-refractivity contribution in [2.45, 2.75) is 117 Å². The lowest BCUT2D eigenvalue weighted by atomic mass is 9.94. The predicted octanol–water partition coefficient (Wildman–Crippen LogP) is 11.1. The minimum atomic E-state index is -0.721. The molecule has 0 saturated heterocycles. The van der Waals surface area contributed by atoms with Crippen molar-refractivity contribution in [3.8, 4) is 11.5 Å². The number of hydrogen-bond donors (Lipinski definition) is 0. The lowest BCUT2D eigenvalue weighted by Crippen LogP contribution is -2.14. The van der Waals surface area contributed by atoms with Crippen LogP contribution in [0.3, 0.4) is 0 Å². The molecule has 0 N–H and O–H groups in total. The molecule has 230 valence electrons. The zero-order chi connectivity index (χ0) is 30.0. The van der Waals surface area contributed by atoms with E-state index >= 15 is 0 Å². The third-order valence-corrected chi connectivity index (χ3v) is 7.64. The van der Waals surface area contributed by atoms with Crippen molar-refractivity contribution in [1.82, 2.24) is 0 Å². The van der Waals surface area contributed by atoms with Gasteiger partial charge in [-0.15, -0.1) is 0 Å². The summed E-state index contributed by atoms with van der Waals surface area (Å²) in [5.41, 5.74) is 1.03. The first-order chi connectivity index (χ1) is 20.6. The molecule has 6 heteroatoms. The van der Waals surface area contributed by atoms with E-state index in [-0.39, 0.29) is 0 Å². The summed E-state index contributed by atoms with van der Waals surface area (Å²) in [4.78, 5) is 25.7. The Morgan fingerprint density at radius 2 is 1.00 bits per heavy atom. The summed E-state index contributed by atoms with van der Waals surface area (Å²) in [5.74, 6) is 0.854. The smallest absolute Gasteiger partial charge is 0.434 e. The topological polar surface area (TPSA) is 71.1 Å². The largest absolute Gasteiger partial charge is 0.513 e. The van der Waals surface area contributed by atoms with Gasteiger partial charge in [0.1, 0.15) is 5.75 Å². The van der Waals surface area contributed by atoms with Gasteiger partial charge in [-0.25, -0.2) is 9.59 Å². The van der Waals surface area contributed by atoms with Crippen molar-refractivity contribution in [2.24, 2.45) is 0 Å². The molecule has 0 aromatic heterocycles. The Morgan fingerprint density at radius 1 is 0.524 bits per heavy atom. The van der Waals surface area contributed by atoms with Crippen LogP contribution in [0.5, 0.6) is 11.5 Å². The predicted molar refractivity (Wildman–Crippen MR) is 171 cm³/mol. The monoisotopic (exact) mass is 578 g/mol. The van der Waals surface area contributed by atoms with E-state index in [0.717, 1.165) is 68.7 Å². The third-order valence-electron chi connectivity index (χ3n) is 7.64. The van der Waals surface area contributed by atoms with Crippen LogP contribution < -0.4 is 9.47 Å². The second kappa shape index (κ2) is 19.0. The first-order valence-electron chi connectivity index (χ1n) is 16.3.